The number of carbonyl (C=O) groups excluding carboxylic acids is 2. The molecule has 0 unspecified atom stereocenters. The van der Waals surface area contributed by atoms with Crippen molar-refractivity contribution in [2.75, 3.05) is 31.3 Å². The number of anilines is 2. The molecule has 0 aliphatic rings. The number of benzene rings is 2. The third kappa shape index (κ3) is 5.73. The van der Waals surface area contributed by atoms with E-state index >= 15 is 0 Å². The van der Waals surface area contributed by atoms with E-state index in [1.165, 1.54) is 29.2 Å². The van der Waals surface area contributed by atoms with Gasteiger partial charge >= 0.3 is 6.61 Å². The lowest BCUT2D eigenvalue weighted by Gasteiger charge is -2.11. The van der Waals surface area contributed by atoms with Gasteiger partial charge in [0.05, 0.1) is 6.54 Å². The van der Waals surface area contributed by atoms with E-state index in [1.54, 1.807) is 38.4 Å². The molecule has 0 aromatic heterocycles. The Morgan fingerprint density at radius 2 is 1.58 bits per heavy atom. The number of amides is 2. The molecular formula is C18H19F2N3O3. The average Bonchev–Trinajstić information content (AvgIpc) is 2.60. The predicted octanol–water partition coefficient (Wildman–Crippen LogP) is 3.04. The number of nitrogens with zero attached hydrogens (tertiary/aromatic N) is 1. The summed E-state index contributed by atoms with van der Waals surface area (Å²) in [6.45, 7) is -2.88. The summed E-state index contributed by atoms with van der Waals surface area (Å²) in [7, 11) is 3.33. The first-order valence-electron chi connectivity index (χ1n) is 7.75. The van der Waals surface area contributed by atoms with Crippen LogP contribution >= 0.6 is 0 Å². The number of carbonyl (C=O) groups is 2. The molecule has 0 bridgehead atoms. The Hall–Kier alpha value is -3.16. The molecule has 0 saturated carbocycles. The van der Waals surface area contributed by atoms with Gasteiger partial charge in [0.1, 0.15) is 5.75 Å². The number of rotatable bonds is 7. The van der Waals surface area contributed by atoms with E-state index in [0.717, 1.165) is 0 Å². The van der Waals surface area contributed by atoms with Crippen LogP contribution in [-0.4, -0.2) is 44.0 Å². The zero-order valence-electron chi connectivity index (χ0n) is 14.3. The predicted molar refractivity (Wildman–Crippen MR) is 94.7 cm³/mol. The second-order valence-electron chi connectivity index (χ2n) is 5.58. The highest BCUT2D eigenvalue weighted by molar-refractivity contribution is 5.96. The minimum absolute atomic E-state index is 0.00652. The van der Waals surface area contributed by atoms with Gasteiger partial charge in [-0.25, -0.2) is 0 Å². The zero-order chi connectivity index (χ0) is 19.1. The zero-order valence-corrected chi connectivity index (χ0v) is 14.3. The van der Waals surface area contributed by atoms with E-state index in [-0.39, 0.29) is 24.1 Å². The molecule has 0 aliphatic heterocycles. The Kier molecular flexibility index (Phi) is 6.48. The van der Waals surface area contributed by atoms with Crippen LogP contribution < -0.4 is 15.4 Å². The van der Waals surface area contributed by atoms with Gasteiger partial charge in [-0.1, -0.05) is 0 Å². The van der Waals surface area contributed by atoms with Gasteiger partial charge in [0.15, 0.2) is 0 Å². The van der Waals surface area contributed by atoms with Gasteiger partial charge in [0.25, 0.3) is 5.91 Å². The quantitative estimate of drug-likeness (QED) is 0.793. The molecule has 0 heterocycles. The average molecular weight is 363 g/mol. The highest BCUT2D eigenvalue weighted by Gasteiger charge is 2.08. The van der Waals surface area contributed by atoms with Crippen molar-refractivity contribution >= 4 is 23.2 Å². The van der Waals surface area contributed by atoms with Crippen LogP contribution in [0.15, 0.2) is 48.5 Å². The molecule has 2 aromatic carbocycles. The number of alkyl halides is 2. The Morgan fingerprint density at radius 3 is 2.12 bits per heavy atom. The summed E-state index contributed by atoms with van der Waals surface area (Å²) in [6, 6.07) is 12.4. The second kappa shape index (κ2) is 8.80. The van der Waals surface area contributed by atoms with E-state index in [2.05, 4.69) is 15.4 Å². The van der Waals surface area contributed by atoms with Crippen LogP contribution in [0.2, 0.25) is 0 Å². The lowest BCUT2D eigenvalue weighted by molar-refractivity contribution is -0.114. The van der Waals surface area contributed by atoms with Gasteiger partial charge in [-0.2, -0.15) is 8.78 Å². The third-order valence-corrected chi connectivity index (χ3v) is 3.35. The van der Waals surface area contributed by atoms with E-state index in [4.69, 9.17) is 0 Å². The van der Waals surface area contributed by atoms with E-state index < -0.39 is 6.61 Å². The second-order valence-corrected chi connectivity index (χ2v) is 5.58. The molecule has 0 saturated heterocycles. The Balaban J connectivity index is 1.84. The summed E-state index contributed by atoms with van der Waals surface area (Å²) in [4.78, 5) is 25.2. The molecular weight excluding hydrogens is 344 g/mol. The van der Waals surface area contributed by atoms with Gasteiger partial charge in [-0.15, -0.1) is 0 Å². The Labute approximate surface area is 149 Å². The van der Waals surface area contributed by atoms with Crippen LogP contribution in [0.25, 0.3) is 0 Å². The molecule has 2 rings (SSSR count). The molecule has 0 spiro atoms. The fourth-order valence-corrected chi connectivity index (χ4v) is 2.10. The molecule has 2 amide bonds. The number of hydrogen-bond acceptors (Lipinski definition) is 4. The van der Waals surface area contributed by atoms with Crippen LogP contribution in [-0.2, 0) is 4.79 Å². The van der Waals surface area contributed by atoms with Crippen molar-refractivity contribution in [1.82, 2.24) is 4.90 Å². The van der Waals surface area contributed by atoms with E-state index in [1.807, 2.05) is 0 Å². The first-order valence-corrected chi connectivity index (χ1v) is 7.75. The lowest BCUT2D eigenvalue weighted by Crippen LogP contribution is -2.22. The Morgan fingerprint density at radius 1 is 1.00 bits per heavy atom. The highest BCUT2D eigenvalue weighted by Crippen LogP contribution is 2.17. The normalized spacial score (nSPS) is 10.3. The van der Waals surface area contributed by atoms with Gasteiger partial charge in [-0.05, 0) is 48.5 Å². The summed E-state index contributed by atoms with van der Waals surface area (Å²) in [5.41, 5.74) is 1.68. The molecule has 6 nitrogen and oxygen atoms in total. The van der Waals surface area contributed by atoms with Crippen molar-refractivity contribution < 1.29 is 23.1 Å². The fourth-order valence-electron chi connectivity index (χ4n) is 2.10. The van der Waals surface area contributed by atoms with Crippen molar-refractivity contribution in [3.63, 3.8) is 0 Å². The van der Waals surface area contributed by atoms with Crippen molar-refractivity contribution in [3.05, 3.63) is 54.1 Å². The molecule has 0 fully saturated rings. The number of nitrogens with one attached hydrogen (secondary N) is 2. The van der Waals surface area contributed by atoms with E-state index in [9.17, 15) is 18.4 Å². The van der Waals surface area contributed by atoms with Crippen LogP contribution in [0.1, 0.15) is 10.4 Å². The van der Waals surface area contributed by atoms with Crippen molar-refractivity contribution in [2.24, 2.45) is 0 Å². The van der Waals surface area contributed by atoms with E-state index in [0.29, 0.717) is 16.9 Å². The molecule has 8 heteroatoms. The molecule has 2 N–H and O–H groups in total. The molecule has 138 valence electrons. The summed E-state index contributed by atoms with van der Waals surface area (Å²) in [5, 5.41) is 5.57. The highest BCUT2D eigenvalue weighted by atomic mass is 19.3. The van der Waals surface area contributed by atoms with Gasteiger partial charge < -0.3 is 20.3 Å². The maximum atomic E-state index is 12.1. The molecule has 0 radical (unpaired) electrons. The van der Waals surface area contributed by atoms with Crippen molar-refractivity contribution in [1.29, 1.82) is 0 Å². The molecule has 26 heavy (non-hydrogen) atoms. The first-order chi connectivity index (χ1) is 12.3. The lowest BCUT2D eigenvalue weighted by atomic mass is 10.2. The topological polar surface area (TPSA) is 70.7 Å². The number of hydrogen-bond donors (Lipinski definition) is 2. The maximum Gasteiger partial charge on any atom is 0.387 e. The summed E-state index contributed by atoms with van der Waals surface area (Å²) >= 11 is 0. The Bertz CT molecular complexity index is 747. The smallest absolute Gasteiger partial charge is 0.387 e. The minimum atomic E-state index is -2.88. The van der Waals surface area contributed by atoms with Gasteiger partial charge in [0, 0.05) is 31.0 Å². The summed E-state index contributed by atoms with van der Waals surface area (Å²) in [6.07, 6.45) is 0. The summed E-state index contributed by atoms with van der Waals surface area (Å²) in [5.74, 6) is -0.365. The first kappa shape index (κ1) is 19.2. The van der Waals surface area contributed by atoms with Crippen LogP contribution in [0, 0.1) is 0 Å². The monoisotopic (exact) mass is 363 g/mol. The fraction of sp³-hybridized carbons (Fsp3) is 0.222. The molecule has 2 aromatic rings. The molecule has 0 aliphatic carbocycles. The van der Waals surface area contributed by atoms with Crippen molar-refractivity contribution in [3.8, 4) is 5.75 Å². The van der Waals surface area contributed by atoms with Crippen LogP contribution in [0.3, 0.4) is 0 Å². The SMILES string of the molecule is CN(C)C(=O)c1ccc(NC(=O)CNc2ccc(OC(F)F)cc2)cc1. The molecule has 0 atom stereocenters. The van der Waals surface area contributed by atoms with Gasteiger partial charge in [-0.3, -0.25) is 9.59 Å². The minimum Gasteiger partial charge on any atom is -0.435 e. The maximum absolute atomic E-state index is 12.1. The standard InChI is InChI=1S/C18H19F2N3O3/c1-23(2)17(25)12-3-5-14(6-4-12)22-16(24)11-21-13-7-9-15(10-8-13)26-18(19)20/h3-10,18,21H,11H2,1-2H3,(H,22,24). The summed E-state index contributed by atoms with van der Waals surface area (Å²) < 4.78 is 28.4. The van der Waals surface area contributed by atoms with Crippen molar-refractivity contribution in [2.45, 2.75) is 6.61 Å². The largest absolute Gasteiger partial charge is 0.435 e. The van der Waals surface area contributed by atoms with Crippen LogP contribution in [0.4, 0.5) is 20.2 Å². The van der Waals surface area contributed by atoms with Crippen LogP contribution in [0.5, 0.6) is 5.75 Å². The number of halogens is 2. The number of ether oxygens (including phenoxy) is 1. The van der Waals surface area contributed by atoms with Gasteiger partial charge in [0.2, 0.25) is 5.91 Å². The third-order valence-electron chi connectivity index (χ3n) is 3.35.